The minimum Gasteiger partial charge on any atom is -0.454 e. The predicted molar refractivity (Wildman–Crippen MR) is 105 cm³/mol. The van der Waals surface area contributed by atoms with Crippen molar-refractivity contribution in [3.63, 3.8) is 0 Å². The molecule has 0 unspecified atom stereocenters. The number of aliphatic hydroxyl groups is 1. The van der Waals surface area contributed by atoms with Gasteiger partial charge in [-0.2, -0.15) is 0 Å². The van der Waals surface area contributed by atoms with Crippen molar-refractivity contribution >= 4 is 22.7 Å². The smallest absolute Gasteiger partial charge is 0.312 e. The number of benzene rings is 1. The average Bonchev–Trinajstić information content (AvgIpc) is 2.94. The molecule has 1 heterocycles. The van der Waals surface area contributed by atoms with Gasteiger partial charge in [-0.25, -0.2) is 0 Å². The number of rotatable bonds is 4. The minimum atomic E-state index is -0.840. The highest BCUT2D eigenvalue weighted by Gasteiger charge is 2.61. The number of ketones is 1. The fourth-order valence-corrected chi connectivity index (χ4v) is 6.59. The Morgan fingerprint density at radius 1 is 1.18 bits per heavy atom. The molecule has 0 spiro atoms. The number of esters is 1. The third kappa shape index (κ3) is 2.63. The van der Waals surface area contributed by atoms with Gasteiger partial charge in [0.1, 0.15) is 0 Å². The van der Waals surface area contributed by atoms with E-state index in [2.05, 4.69) is 4.98 Å². The van der Waals surface area contributed by atoms with Crippen molar-refractivity contribution < 1.29 is 19.4 Å². The monoisotopic (exact) mass is 381 g/mol. The molecule has 0 amide bonds. The summed E-state index contributed by atoms with van der Waals surface area (Å²) in [6.07, 6.45) is 3.95. The van der Waals surface area contributed by atoms with Crippen LogP contribution in [0, 0.1) is 24.2 Å². The van der Waals surface area contributed by atoms with E-state index in [1.165, 1.54) is 0 Å². The zero-order valence-corrected chi connectivity index (χ0v) is 16.5. The maximum absolute atomic E-state index is 13.2. The lowest BCUT2D eigenvalue weighted by Crippen LogP contribution is -2.58. The summed E-state index contributed by atoms with van der Waals surface area (Å²) < 4.78 is 5.76. The number of nitrogens with one attached hydrogen (secondary N) is 1. The molecule has 3 atom stereocenters. The summed E-state index contributed by atoms with van der Waals surface area (Å²) >= 11 is 0. The van der Waals surface area contributed by atoms with E-state index in [1.807, 2.05) is 31.2 Å². The molecule has 2 N–H and O–H groups in total. The predicted octanol–water partition coefficient (Wildman–Crippen LogP) is 3.92. The second-order valence-electron chi connectivity index (χ2n) is 9.55. The van der Waals surface area contributed by atoms with Crippen molar-refractivity contribution in [2.24, 2.45) is 17.3 Å². The van der Waals surface area contributed by atoms with Crippen molar-refractivity contribution in [2.75, 3.05) is 0 Å². The highest BCUT2D eigenvalue weighted by atomic mass is 16.5. The molecule has 0 aliphatic heterocycles. The van der Waals surface area contributed by atoms with Gasteiger partial charge in [-0.3, -0.25) is 9.59 Å². The van der Waals surface area contributed by atoms with Crippen LogP contribution in [0.2, 0.25) is 0 Å². The van der Waals surface area contributed by atoms with Crippen LogP contribution in [0.3, 0.4) is 0 Å². The van der Waals surface area contributed by atoms with Gasteiger partial charge in [0.15, 0.2) is 6.10 Å². The van der Waals surface area contributed by atoms with Gasteiger partial charge in [-0.1, -0.05) is 18.2 Å². The van der Waals surface area contributed by atoms with Crippen LogP contribution in [0.15, 0.2) is 24.3 Å². The summed E-state index contributed by atoms with van der Waals surface area (Å²) in [4.78, 5) is 29.5. The number of aromatic amines is 1. The Hall–Kier alpha value is -2.14. The van der Waals surface area contributed by atoms with Gasteiger partial charge in [0.05, 0.1) is 11.0 Å². The molecule has 5 heteroatoms. The molecular weight excluding hydrogens is 354 g/mol. The number of hydrogen-bond acceptors (Lipinski definition) is 4. The van der Waals surface area contributed by atoms with Crippen LogP contribution in [0.4, 0.5) is 0 Å². The largest absolute Gasteiger partial charge is 0.454 e. The van der Waals surface area contributed by atoms with Gasteiger partial charge >= 0.3 is 5.97 Å². The Kier molecular flexibility index (Phi) is 3.80. The first-order chi connectivity index (χ1) is 13.3. The standard InChI is InChI=1S/C23H27NO4/c1-13-19(17-5-3-4-6-18(17)24-13)20(25)14(2)28-21(26)22-8-15-7-16(9-22)11-23(27,10-15)12-22/h3-6,14-16,24,27H,7-12H2,1-2H3/t14-,15+,16+,22?,23?/m0/s1. The molecule has 0 saturated heterocycles. The highest BCUT2D eigenvalue weighted by Crippen LogP contribution is 2.62. The summed E-state index contributed by atoms with van der Waals surface area (Å²) in [6, 6.07) is 7.67. The van der Waals surface area contributed by atoms with E-state index in [0.29, 0.717) is 23.8 Å². The SMILES string of the molecule is Cc1[nH]c2ccccc2c1C(=O)[C@H](C)OC(=O)C12C[C@H]3C[C@@H](CC(O)(C3)C1)C2. The van der Waals surface area contributed by atoms with Gasteiger partial charge in [0, 0.05) is 22.2 Å². The molecule has 6 rings (SSSR count). The molecule has 4 fully saturated rings. The third-order valence-corrected chi connectivity index (χ3v) is 7.26. The number of para-hydroxylation sites is 1. The van der Waals surface area contributed by atoms with Crippen molar-refractivity contribution in [3.05, 3.63) is 35.5 Å². The lowest BCUT2D eigenvalue weighted by atomic mass is 9.48. The average molecular weight is 381 g/mol. The van der Waals surface area contributed by atoms with Crippen molar-refractivity contribution in [2.45, 2.75) is 64.1 Å². The van der Waals surface area contributed by atoms with Gasteiger partial charge in [-0.15, -0.1) is 0 Å². The van der Waals surface area contributed by atoms with Crippen molar-refractivity contribution in [1.82, 2.24) is 4.98 Å². The van der Waals surface area contributed by atoms with Crippen LogP contribution in [-0.2, 0) is 9.53 Å². The van der Waals surface area contributed by atoms with Crippen LogP contribution < -0.4 is 0 Å². The van der Waals surface area contributed by atoms with Gasteiger partial charge in [0.25, 0.3) is 0 Å². The third-order valence-electron chi connectivity index (χ3n) is 7.26. The number of aromatic nitrogens is 1. The molecule has 4 bridgehead atoms. The summed E-state index contributed by atoms with van der Waals surface area (Å²) in [5, 5.41) is 11.7. The number of Topliss-reactive ketones (excluding diaryl/α,β-unsaturated/α-hetero) is 1. The highest BCUT2D eigenvalue weighted by molar-refractivity contribution is 6.11. The van der Waals surface area contributed by atoms with E-state index >= 15 is 0 Å². The van der Waals surface area contributed by atoms with E-state index in [-0.39, 0.29) is 11.8 Å². The number of fused-ring (bicyclic) bond motifs is 1. The van der Waals surface area contributed by atoms with Crippen LogP contribution in [0.1, 0.15) is 61.5 Å². The Morgan fingerprint density at radius 3 is 2.54 bits per heavy atom. The first-order valence-corrected chi connectivity index (χ1v) is 10.3. The van der Waals surface area contributed by atoms with Crippen molar-refractivity contribution in [3.8, 4) is 0 Å². The molecule has 4 aliphatic carbocycles. The normalized spacial score (nSPS) is 34.5. The van der Waals surface area contributed by atoms with E-state index in [1.54, 1.807) is 6.92 Å². The van der Waals surface area contributed by atoms with Crippen LogP contribution in [-0.4, -0.2) is 33.5 Å². The molecule has 1 aromatic heterocycles. The van der Waals surface area contributed by atoms with E-state index < -0.39 is 17.1 Å². The van der Waals surface area contributed by atoms with Crippen LogP contribution >= 0.6 is 0 Å². The Labute approximate surface area is 164 Å². The number of hydrogen-bond donors (Lipinski definition) is 2. The quantitative estimate of drug-likeness (QED) is 0.621. The van der Waals surface area contributed by atoms with Gasteiger partial charge in [0.2, 0.25) is 5.78 Å². The van der Waals surface area contributed by atoms with E-state index in [4.69, 9.17) is 4.74 Å². The summed E-state index contributed by atoms with van der Waals surface area (Å²) in [5.41, 5.74) is 0.968. The molecule has 2 aromatic rings. The second-order valence-corrected chi connectivity index (χ2v) is 9.55. The zero-order valence-electron chi connectivity index (χ0n) is 16.5. The topological polar surface area (TPSA) is 79.4 Å². The van der Waals surface area contributed by atoms with Crippen LogP contribution in [0.25, 0.3) is 10.9 Å². The second kappa shape index (κ2) is 5.93. The maximum atomic E-state index is 13.2. The molecular formula is C23H27NO4. The summed E-state index contributed by atoms with van der Waals surface area (Å²) in [6.45, 7) is 3.53. The summed E-state index contributed by atoms with van der Waals surface area (Å²) in [7, 11) is 0. The Bertz CT molecular complexity index is 960. The lowest BCUT2D eigenvalue weighted by Gasteiger charge is -2.58. The minimum absolute atomic E-state index is 0.174. The number of aryl methyl sites for hydroxylation is 1. The molecule has 28 heavy (non-hydrogen) atoms. The van der Waals surface area contributed by atoms with Gasteiger partial charge < -0.3 is 14.8 Å². The Balaban J connectivity index is 1.38. The number of H-pyrrole nitrogens is 1. The molecule has 148 valence electrons. The molecule has 1 aromatic carbocycles. The number of carbonyl (C=O) groups is 2. The first-order valence-electron chi connectivity index (χ1n) is 10.3. The molecule has 5 nitrogen and oxygen atoms in total. The maximum Gasteiger partial charge on any atom is 0.312 e. The number of ether oxygens (including phenoxy) is 1. The van der Waals surface area contributed by atoms with E-state index in [0.717, 1.165) is 48.7 Å². The van der Waals surface area contributed by atoms with Gasteiger partial charge in [-0.05, 0) is 70.3 Å². The van der Waals surface area contributed by atoms with Crippen molar-refractivity contribution in [1.29, 1.82) is 0 Å². The summed E-state index contributed by atoms with van der Waals surface area (Å²) in [5.74, 6) is 0.339. The van der Waals surface area contributed by atoms with Crippen LogP contribution in [0.5, 0.6) is 0 Å². The first kappa shape index (κ1) is 17.9. The molecule has 4 aliphatic rings. The zero-order chi connectivity index (χ0) is 19.7. The fraction of sp³-hybridized carbons (Fsp3) is 0.565. The Morgan fingerprint density at radius 2 is 1.86 bits per heavy atom. The van der Waals surface area contributed by atoms with E-state index in [9.17, 15) is 14.7 Å². The number of carbonyl (C=O) groups excluding carboxylic acids is 2. The molecule has 0 radical (unpaired) electrons. The molecule has 4 saturated carbocycles. The fourth-order valence-electron chi connectivity index (χ4n) is 6.59. The lowest BCUT2D eigenvalue weighted by molar-refractivity contribution is -0.197.